The Kier molecular flexibility index (Phi) is 4.17. The summed E-state index contributed by atoms with van der Waals surface area (Å²) >= 11 is 0. The summed E-state index contributed by atoms with van der Waals surface area (Å²) in [6, 6.07) is -0.215. The Morgan fingerprint density at radius 2 is 2.20 bits per heavy atom. The SMILES string of the molecule is C#CCCC(=O)NC1CCCC1C(=O)O. The Morgan fingerprint density at radius 1 is 1.47 bits per heavy atom. The van der Waals surface area contributed by atoms with Crippen LogP contribution in [0.15, 0.2) is 0 Å². The van der Waals surface area contributed by atoms with Crippen molar-refractivity contribution in [2.24, 2.45) is 5.92 Å². The lowest BCUT2D eigenvalue weighted by atomic mass is 10.0. The largest absolute Gasteiger partial charge is 0.481 e. The van der Waals surface area contributed by atoms with E-state index in [9.17, 15) is 9.59 Å². The van der Waals surface area contributed by atoms with E-state index in [0.717, 1.165) is 12.8 Å². The molecule has 15 heavy (non-hydrogen) atoms. The molecule has 4 nitrogen and oxygen atoms in total. The molecule has 1 saturated carbocycles. The van der Waals surface area contributed by atoms with Crippen LogP contribution >= 0.6 is 0 Å². The monoisotopic (exact) mass is 209 g/mol. The zero-order chi connectivity index (χ0) is 11.3. The van der Waals surface area contributed by atoms with Gasteiger partial charge in [-0.1, -0.05) is 6.42 Å². The van der Waals surface area contributed by atoms with Gasteiger partial charge in [0, 0.05) is 18.9 Å². The number of terminal acetylenes is 1. The van der Waals surface area contributed by atoms with E-state index in [1.807, 2.05) is 0 Å². The average molecular weight is 209 g/mol. The second-order valence-electron chi connectivity index (χ2n) is 3.75. The van der Waals surface area contributed by atoms with Gasteiger partial charge < -0.3 is 10.4 Å². The first-order chi connectivity index (χ1) is 7.15. The first kappa shape index (κ1) is 11.6. The molecule has 0 aliphatic heterocycles. The summed E-state index contributed by atoms with van der Waals surface area (Å²) in [7, 11) is 0. The Hall–Kier alpha value is -1.50. The molecule has 2 N–H and O–H groups in total. The van der Waals surface area contributed by atoms with Crippen LogP contribution in [-0.4, -0.2) is 23.0 Å². The molecule has 1 rings (SSSR count). The minimum absolute atomic E-state index is 0.147. The molecule has 1 fully saturated rings. The number of carboxylic acid groups (broad SMARTS) is 1. The van der Waals surface area contributed by atoms with E-state index < -0.39 is 11.9 Å². The summed E-state index contributed by atoms with van der Waals surface area (Å²) in [6.45, 7) is 0. The second-order valence-corrected chi connectivity index (χ2v) is 3.75. The number of carbonyl (C=O) groups is 2. The molecule has 0 spiro atoms. The first-order valence-corrected chi connectivity index (χ1v) is 5.10. The number of hydrogen-bond acceptors (Lipinski definition) is 2. The summed E-state index contributed by atoms with van der Waals surface area (Å²) in [6.07, 6.45) is 7.97. The molecule has 0 aromatic heterocycles. The minimum atomic E-state index is -0.824. The van der Waals surface area contributed by atoms with Gasteiger partial charge in [-0.25, -0.2) is 0 Å². The van der Waals surface area contributed by atoms with E-state index in [-0.39, 0.29) is 18.4 Å². The van der Waals surface area contributed by atoms with E-state index in [2.05, 4.69) is 11.2 Å². The minimum Gasteiger partial charge on any atom is -0.481 e. The number of aliphatic carboxylic acids is 1. The van der Waals surface area contributed by atoms with Crippen LogP contribution in [0.25, 0.3) is 0 Å². The lowest BCUT2D eigenvalue weighted by Gasteiger charge is -2.17. The van der Waals surface area contributed by atoms with Gasteiger partial charge in [-0.05, 0) is 12.8 Å². The van der Waals surface area contributed by atoms with E-state index in [1.54, 1.807) is 0 Å². The molecule has 0 aromatic rings. The molecule has 0 saturated heterocycles. The van der Waals surface area contributed by atoms with Gasteiger partial charge >= 0.3 is 5.97 Å². The Bertz CT molecular complexity index is 293. The van der Waals surface area contributed by atoms with Crippen LogP contribution in [0, 0.1) is 18.3 Å². The lowest BCUT2D eigenvalue weighted by molar-refractivity contribution is -0.142. The Morgan fingerprint density at radius 3 is 2.80 bits per heavy atom. The van der Waals surface area contributed by atoms with Gasteiger partial charge in [0.1, 0.15) is 0 Å². The number of rotatable bonds is 4. The molecule has 0 heterocycles. The van der Waals surface area contributed by atoms with E-state index in [1.165, 1.54) is 0 Å². The molecule has 4 heteroatoms. The standard InChI is InChI=1S/C11H15NO3/c1-2-3-7-10(13)12-9-6-4-5-8(9)11(14)15/h1,8-9H,3-7H2,(H,12,13)(H,14,15). The highest BCUT2D eigenvalue weighted by Crippen LogP contribution is 2.25. The van der Waals surface area contributed by atoms with Crippen LogP contribution in [0.1, 0.15) is 32.1 Å². The van der Waals surface area contributed by atoms with Crippen LogP contribution < -0.4 is 5.32 Å². The maximum Gasteiger partial charge on any atom is 0.308 e. The van der Waals surface area contributed by atoms with Crippen molar-refractivity contribution in [3.63, 3.8) is 0 Å². The highest BCUT2D eigenvalue weighted by atomic mass is 16.4. The summed E-state index contributed by atoms with van der Waals surface area (Å²) in [4.78, 5) is 22.2. The van der Waals surface area contributed by atoms with Gasteiger partial charge in [-0.15, -0.1) is 12.3 Å². The molecule has 82 valence electrons. The van der Waals surface area contributed by atoms with Crippen molar-refractivity contribution in [1.29, 1.82) is 0 Å². The van der Waals surface area contributed by atoms with Gasteiger partial charge in [0.2, 0.25) is 5.91 Å². The number of carbonyl (C=O) groups excluding carboxylic acids is 1. The zero-order valence-corrected chi connectivity index (χ0v) is 8.53. The van der Waals surface area contributed by atoms with Gasteiger partial charge in [0.05, 0.1) is 5.92 Å². The molecular weight excluding hydrogens is 194 g/mol. The maximum atomic E-state index is 11.3. The quantitative estimate of drug-likeness (QED) is 0.672. The molecule has 1 aliphatic carbocycles. The summed E-state index contributed by atoms with van der Waals surface area (Å²) < 4.78 is 0. The van der Waals surface area contributed by atoms with Gasteiger partial charge in [-0.2, -0.15) is 0 Å². The third-order valence-electron chi connectivity index (χ3n) is 2.68. The van der Waals surface area contributed by atoms with Crippen LogP contribution in [0.5, 0.6) is 0 Å². The second kappa shape index (κ2) is 5.40. The molecule has 1 aliphatic rings. The van der Waals surface area contributed by atoms with Crippen LogP contribution in [0.2, 0.25) is 0 Å². The summed E-state index contributed by atoms with van der Waals surface area (Å²) in [5.74, 6) is 0.978. The van der Waals surface area contributed by atoms with Crippen molar-refractivity contribution in [2.75, 3.05) is 0 Å². The van der Waals surface area contributed by atoms with Crippen LogP contribution in [0.3, 0.4) is 0 Å². The molecule has 0 bridgehead atoms. The fraction of sp³-hybridized carbons (Fsp3) is 0.636. The van der Waals surface area contributed by atoms with Crippen LogP contribution in [-0.2, 0) is 9.59 Å². The summed E-state index contributed by atoms with van der Waals surface area (Å²) in [5, 5.41) is 11.6. The topological polar surface area (TPSA) is 66.4 Å². The number of amides is 1. The van der Waals surface area contributed by atoms with Gasteiger partial charge in [-0.3, -0.25) is 9.59 Å². The predicted molar refractivity (Wildman–Crippen MR) is 55.0 cm³/mol. The molecular formula is C11H15NO3. The maximum absolute atomic E-state index is 11.3. The molecule has 1 amide bonds. The van der Waals surface area contributed by atoms with E-state index in [0.29, 0.717) is 12.8 Å². The predicted octanol–water partition coefficient (Wildman–Crippen LogP) is 0.769. The van der Waals surface area contributed by atoms with Crippen molar-refractivity contribution < 1.29 is 14.7 Å². The van der Waals surface area contributed by atoms with Gasteiger partial charge in [0.15, 0.2) is 0 Å². The first-order valence-electron chi connectivity index (χ1n) is 5.10. The average Bonchev–Trinajstić information content (AvgIpc) is 2.62. The highest BCUT2D eigenvalue weighted by molar-refractivity contribution is 5.78. The van der Waals surface area contributed by atoms with Crippen LogP contribution in [0.4, 0.5) is 0 Å². The highest BCUT2D eigenvalue weighted by Gasteiger charge is 2.33. The van der Waals surface area contributed by atoms with Crippen molar-refractivity contribution >= 4 is 11.9 Å². The van der Waals surface area contributed by atoms with Crippen molar-refractivity contribution in [2.45, 2.75) is 38.1 Å². The third kappa shape index (κ3) is 3.28. The lowest BCUT2D eigenvalue weighted by Crippen LogP contribution is -2.40. The molecule has 2 unspecified atom stereocenters. The van der Waals surface area contributed by atoms with E-state index in [4.69, 9.17) is 11.5 Å². The fourth-order valence-corrected chi connectivity index (χ4v) is 1.89. The zero-order valence-electron chi connectivity index (χ0n) is 8.53. The van der Waals surface area contributed by atoms with E-state index >= 15 is 0 Å². The normalized spacial score (nSPS) is 24.5. The number of hydrogen-bond donors (Lipinski definition) is 2. The molecule has 0 aromatic carbocycles. The molecule has 2 atom stereocenters. The van der Waals surface area contributed by atoms with Crippen molar-refractivity contribution in [3.05, 3.63) is 0 Å². The van der Waals surface area contributed by atoms with Crippen molar-refractivity contribution in [3.8, 4) is 12.3 Å². The third-order valence-corrected chi connectivity index (χ3v) is 2.68. The Balaban J connectivity index is 2.40. The number of nitrogens with one attached hydrogen (secondary N) is 1. The van der Waals surface area contributed by atoms with Gasteiger partial charge in [0.25, 0.3) is 0 Å². The summed E-state index contributed by atoms with van der Waals surface area (Å²) in [5.41, 5.74) is 0. The Labute approximate surface area is 89.0 Å². The smallest absolute Gasteiger partial charge is 0.308 e. The number of carboxylic acids is 1. The molecule has 0 radical (unpaired) electrons. The van der Waals surface area contributed by atoms with Crippen molar-refractivity contribution in [1.82, 2.24) is 5.32 Å². The fourth-order valence-electron chi connectivity index (χ4n) is 1.89.